The zero-order valence-electron chi connectivity index (χ0n) is 17.9. The molecule has 1 N–H and O–H groups in total. The highest BCUT2D eigenvalue weighted by Crippen LogP contribution is 2.33. The molecule has 0 bridgehead atoms. The number of aromatic nitrogens is 3. The van der Waals surface area contributed by atoms with Gasteiger partial charge < -0.3 is 9.47 Å². The molecule has 34 heavy (non-hydrogen) atoms. The fraction of sp³-hybridized carbons (Fsp3) is 0.261. The van der Waals surface area contributed by atoms with Crippen LogP contribution < -0.4 is 5.32 Å². The van der Waals surface area contributed by atoms with E-state index in [1.807, 2.05) is 6.07 Å². The fourth-order valence-electron chi connectivity index (χ4n) is 4.27. The van der Waals surface area contributed by atoms with Gasteiger partial charge in [0.25, 0.3) is 5.91 Å². The van der Waals surface area contributed by atoms with Crippen LogP contribution in [0, 0.1) is 0 Å². The summed E-state index contributed by atoms with van der Waals surface area (Å²) in [5.74, 6) is -0.700. The van der Waals surface area contributed by atoms with Gasteiger partial charge in [0.15, 0.2) is 5.82 Å². The van der Waals surface area contributed by atoms with Crippen molar-refractivity contribution in [1.29, 1.82) is 0 Å². The molecule has 8 nitrogen and oxygen atoms in total. The van der Waals surface area contributed by atoms with Gasteiger partial charge in [-0.25, -0.2) is 4.98 Å². The van der Waals surface area contributed by atoms with E-state index in [1.54, 1.807) is 29.9 Å². The Labute approximate surface area is 191 Å². The fourth-order valence-corrected chi connectivity index (χ4v) is 4.27. The normalized spacial score (nSPS) is 18.3. The van der Waals surface area contributed by atoms with E-state index in [2.05, 4.69) is 15.3 Å². The molecule has 3 amide bonds. The summed E-state index contributed by atoms with van der Waals surface area (Å²) < 4.78 is 40.1. The van der Waals surface area contributed by atoms with Gasteiger partial charge in [-0.3, -0.25) is 24.7 Å². The average molecular weight is 469 g/mol. The van der Waals surface area contributed by atoms with Crippen LogP contribution in [0.5, 0.6) is 0 Å². The van der Waals surface area contributed by atoms with Gasteiger partial charge in [-0.1, -0.05) is 6.07 Å². The second kappa shape index (κ2) is 7.79. The largest absolute Gasteiger partial charge is 0.417 e. The molecule has 1 atom stereocenters. The molecule has 0 saturated carbocycles. The third-order valence-corrected chi connectivity index (χ3v) is 6.02. The number of aryl methyl sites for hydroxylation is 1. The highest BCUT2D eigenvalue weighted by atomic mass is 19.4. The lowest BCUT2D eigenvalue weighted by Gasteiger charge is -2.29. The minimum atomic E-state index is -4.47. The summed E-state index contributed by atoms with van der Waals surface area (Å²) in [5, 5.41) is 2.27. The number of hydrogen-bond donors (Lipinski definition) is 1. The van der Waals surface area contributed by atoms with E-state index in [-0.39, 0.29) is 31.2 Å². The van der Waals surface area contributed by atoms with Gasteiger partial charge in [-0.05, 0) is 36.2 Å². The highest BCUT2D eigenvalue weighted by Gasteiger charge is 2.39. The second-order valence-corrected chi connectivity index (χ2v) is 8.26. The molecule has 3 aromatic rings. The predicted octanol–water partition coefficient (Wildman–Crippen LogP) is 2.93. The maximum absolute atomic E-state index is 12.9. The Bertz CT molecular complexity index is 1330. The number of fused-ring (bicyclic) bond motifs is 1. The number of pyridine rings is 1. The summed E-state index contributed by atoms with van der Waals surface area (Å²) in [4.78, 5) is 46.4. The molecule has 0 radical (unpaired) electrons. The van der Waals surface area contributed by atoms with Crippen LogP contribution in [-0.2, 0) is 29.4 Å². The quantitative estimate of drug-likeness (QED) is 0.595. The molecule has 0 aliphatic carbocycles. The van der Waals surface area contributed by atoms with E-state index >= 15 is 0 Å². The summed E-state index contributed by atoms with van der Waals surface area (Å²) in [6, 6.07) is 6.75. The van der Waals surface area contributed by atoms with Crippen molar-refractivity contribution < 1.29 is 27.6 Å². The van der Waals surface area contributed by atoms with Crippen molar-refractivity contribution in [2.75, 3.05) is 0 Å². The van der Waals surface area contributed by atoms with Crippen LogP contribution in [0.25, 0.3) is 22.8 Å². The molecular weight excluding hydrogens is 451 g/mol. The predicted molar refractivity (Wildman–Crippen MR) is 113 cm³/mol. The van der Waals surface area contributed by atoms with Crippen molar-refractivity contribution in [2.24, 2.45) is 7.05 Å². The summed E-state index contributed by atoms with van der Waals surface area (Å²) in [6.45, 7) is 0.231. The molecule has 1 fully saturated rings. The number of piperidine rings is 1. The number of imidazole rings is 1. The monoisotopic (exact) mass is 469 g/mol. The molecule has 2 aromatic heterocycles. The van der Waals surface area contributed by atoms with Crippen LogP contribution in [0.1, 0.15) is 34.3 Å². The topological polar surface area (TPSA) is 97.2 Å². The Morgan fingerprint density at radius 2 is 1.88 bits per heavy atom. The van der Waals surface area contributed by atoms with Crippen molar-refractivity contribution >= 4 is 17.7 Å². The first-order valence-corrected chi connectivity index (χ1v) is 10.5. The van der Waals surface area contributed by atoms with Crippen molar-refractivity contribution in [3.63, 3.8) is 0 Å². The molecule has 0 spiro atoms. The standard InChI is InChI=1S/C23H18F3N5O3/c1-30-11-17(28-20(30)16-5-3-14(9-27-16)23(24,25)26)12-2-4-15-13(8-12)10-31(22(15)34)18-6-7-19(32)29-21(18)33/h2-5,8-9,11,18H,6-7,10H2,1H3,(H,29,32,33). The third-order valence-electron chi connectivity index (χ3n) is 6.02. The van der Waals surface area contributed by atoms with E-state index in [1.165, 1.54) is 11.0 Å². The van der Waals surface area contributed by atoms with Gasteiger partial charge >= 0.3 is 6.18 Å². The Morgan fingerprint density at radius 3 is 2.56 bits per heavy atom. The first-order valence-electron chi connectivity index (χ1n) is 10.5. The molecule has 2 aliphatic heterocycles. The maximum Gasteiger partial charge on any atom is 0.417 e. The van der Waals surface area contributed by atoms with Crippen LogP contribution in [0.15, 0.2) is 42.7 Å². The Morgan fingerprint density at radius 1 is 1.09 bits per heavy atom. The van der Waals surface area contributed by atoms with E-state index < -0.39 is 23.7 Å². The number of nitrogens with zero attached hydrogens (tertiary/aromatic N) is 4. The Balaban J connectivity index is 1.41. The molecule has 4 heterocycles. The first kappa shape index (κ1) is 21.8. The number of rotatable bonds is 3. The van der Waals surface area contributed by atoms with Gasteiger partial charge in [0.2, 0.25) is 11.8 Å². The number of imide groups is 1. The molecular formula is C23H18F3N5O3. The molecule has 1 unspecified atom stereocenters. The number of halogens is 3. The summed E-state index contributed by atoms with van der Waals surface area (Å²) in [7, 11) is 1.72. The average Bonchev–Trinajstić information content (AvgIpc) is 3.33. The van der Waals surface area contributed by atoms with E-state index in [0.29, 0.717) is 28.3 Å². The maximum atomic E-state index is 12.9. The number of amides is 3. The third kappa shape index (κ3) is 3.72. The number of benzene rings is 1. The molecule has 5 rings (SSSR count). The van der Waals surface area contributed by atoms with Crippen LogP contribution >= 0.6 is 0 Å². The lowest BCUT2D eigenvalue weighted by atomic mass is 10.0. The lowest BCUT2D eigenvalue weighted by Crippen LogP contribution is -2.52. The van der Waals surface area contributed by atoms with E-state index in [0.717, 1.165) is 17.8 Å². The molecule has 11 heteroatoms. The van der Waals surface area contributed by atoms with Gasteiger partial charge in [0.05, 0.1) is 11.3 Å². The molecule has 1 saturated heterocycles. The Kier molecular flexibility index (Phi) is 4.99. The molecule has 174 valence electrons. The minimum Gasteiger partial charge on any atom is -0.332 e. The van der Waals surface area contributed by atoms with Crippen LogP contribution in [0.2, 0.25) is 0 Å². The minimum absolute atomic E-state index is 0.177. The summed E-state index contributed by atoms with van der Waals surface area (Å²) >= 11 is 0. The van der Waals surface area contributed by atoms with Crippen molar-refractivity contribution in [3.8, 4) is 22.8 Å². The number of carbonyl (C=O) groups is 3. The van der Waals surface area contributed by atoms with E-state index in [4.69, 9.17) is 0 Å². The van der Waals surface area contributed by atoms with Crippen molar-refractivity contribution in [1.82, 2.24) is 24.8 Å². The van der Waals surface area contributed by atoms with Gasteiger partial charge in [0, 0.05) is 43.5 Å². The summed E-state index contributed by atoms with van der Waals surface area (Å²) in [6.07, 6.45) is -1.52. The Hall–Kier alpha value is -4.02. The number of alkyl halides is 3. The van der Waals surface area contributed by atoms with Crippen LogP contribution in [-0.4, -0.2) is 43.2 Å². The second-order valence-electron chi connectivity index (χ2n) is 8.26. The van der Waals surface area contributed by atoms with E-state index in [9.17, 15) is 27.6 Å². The SMILES string of the molecule is Cn1cc(-c2ccc3c(c2)CN(C2CCC(=O)NC2=O)C3=O)nc1-c1ccc(C(F)(F)F)cn1. The zero-order chi connectivity index (χ0) is 24.2. The van der Waals surface area contributed by atoms with Crippen LogP contribution in [0.3, 0.4) is 0 Å². The van der Waals surface area contributed by atoms with Gasteiger partial charge in [0.1, 0.15) is 11.7 Å². The molecule has 1 aromatic carbocycles. The highest BCUT2D eigenvalue weighted by molar-refractivity contribution is 6.05. The zero-order valence-corrected chi connectivity index (χ0v) is 17.9. The summed E-state index contributed by atoms with van der Waals surface area (Å²) in [5.41, 5.74) is 1.94. The number of nitrogens with one attached hydrogen (secondary N) is 1. The van der Waals surface area contributed by atoms with Crippen molar-refractivity contribution in [2.45, 2.75) is 31.6 Å². The number of carbonyl (C=O) groups excluding carboxylic acids is 3. The van der Waals surface area contributed by atoms with Crippen LogP contribution in [0.4, 0.5) is 13.2 Å². The van der Waals surface area contributed by atoms with Gasteiger partial charge in [-0.15, -0.1) is 0 Å². The molecule has 2 aliphatic rings. The first-order chi connectivity index (χ1) is 16.1. The smallest absolute Gasteiger partial charge is 0.332 e. The number of hydrogen-bond acceptors (Lipinski definition) is 5. The lowest BCUT2D eigenvalue weighted by molar-refractivity contribution is -0.138. The van der Waals surface area contributed by atoms with Crippen molar-refractivity contribution in [3.05, 3.63) is 59.4 Å². The van der Waals surface area contributed by atoms with Gasteiger partial charge in [-0.2, -0.15) is 13.2 Å².